The summed E-state index contributed by atoms with van der Waals surface area (Å²) in [4.78, 5) is 5.00. The molecule has 3 aromatic rings. The van der Waals surface area contributed by atoms with Gasteiger partial charge in [-0.2, -0.15) is 10.2 Å². The third-order valence-electron chi connectivity index (χ3n) is 11.2. The lowest BCUT2D eigenvalue weighted by Gasteiger charge is -2.50. The molecule has 1 saturated carbocycles. The molecule has 0 atom stereocenters. The number of aromatic nitrogens is 4. The number of alkyl halides is 2. The number of hydrogen-bond acceptors (Lipinski definition) is 6. The summed E-state index contributed by atoms with van der Waals surface area (Å²) in [5.74, 6) is 0.964. The van der Waals surface area contributed by atoms with Crippen molar-refractivity contribution in [3.05, 3.63) is 46.9 Å². The van der Waals surface area contributed by atoms with Gasteiger partial charge in [0, 0.05) is 99.6 Å². The minimum Gasteiger partial charge on any atom is -0.324 e. The molecule has 5 aliphatic rings. The first kappa shape index (κ1) is 27.7. The second-order valence-corrected chi connectivity index (χ2v) is 13.7. The Kier molecular flexibility index (Phi) is 7.06. The van der Waals surface area contributed by atoms with Crippen LogP contribution in [0.2, 0.25) is 0 Å². The zero-order valence-corrected chi connectivity index (χ0v) is 25.3. The van der Waals surface area contributed by atoms with Crippen molar-refractivity contribution in [1.29, 1.82) is 0 Å². The van der Waals surface area contributed by atoms with Gasteiger partial charge in [0.1, 0.15) is 0 Å². The fraction of sp³-hybridized carbons (Fsp3) is 0.636. The first-order valence-corrected chi connectivity index (χ1v) is 16.5. The molecule has 0 amide bonds. The molecule has 1 spiro atoms. The molecule has 8 rings (SSSR count). The minimum atomic E-state index is -2.57. The lowest BCUT2D eigenvalue weighted by molar-refractivity contribution is 0.0356. The Morgan fingerprint density at radius 1 is 0.977 bits per heavy atom. The SMILES string of the molecule is Cn1cc(-c2cc3c(cc2C(F)F)N(c2nn(C4CCN(C5CCC6(CC5)CNC6)CC4)c4c2CNCC4)CCC3)cn1. The molecule has 8 nitrogen and oxygen atoms in total. The van der Waals surface area contributed by atoms with E-state index in [4.69, 9.17) is 5.10 Å². The molecule has 3 fully saturated rings. The number of fused-ring (bicyclic) bond motifs is 2. The van der Waals surface area contributed by atoms with E-state index in [-0.39, 0.29) is 5.56 Å². The maximum absolute atomic E-state index is 14.5. The van der Waals surface area contributed by atoms with Crippen LogP contribution in [0.3, 0.4) is 0 Å². The van der Waals surface area contributed by atoms with Crippen LogP contribution in [0.5, 0.6) is 0 Å². The van der Waals surface area contributed by atoms with Crippen LogP contribution in [-0.2, 0) is 26.4 Å². The van der Waals surface area contributed by atoms with Gasteiger partial charge in [0.05, 0.1) is 12.2 Å². The summed E-state index contributed by atoms with van der Waals surface area (Å²) in [6.45, 7) is 7.26. The molecule has 43 heavy (non-hydrogen) atoms. The number of piperidine rings is 1. The number of rotatable bonds is 5. The average Bonchev–Trinajstić information content (AvgIpc) is 3.63. The van der Waals surface area contributed by atoms with Crippen molar-refractivity contribution >= 4 is 11.5 Å². The fourth-order valence-corrected chi connectivity index (χ4v) is 8.64. The second-order valence-electron chi connectivity index (χ2n) is 13.7. The number of nitrogens with zero attached hydrogens (tertiary/aromatic N) is 6. The molecule has 0 radical (unpaired) electrons. The molecule has 6 heterocycles. The molecule has 2 N–H and O–H groups in total. The number of hydrogen-bond donors (Lipinski definition) is 2. The van der Waals surface area contributed by atoms with E-state index in [9.17, 15) is 8.78 Å². The summed E-state index contributed by atoms with van der Waals surface area (Å²) in [6, 6.07) is 4.85. The van der Waals surface area contributed by atoms with Gasteiger partial charge in [-0.05, 0) is 80.0 Å². The minimum absolute atomic E-state index is 0.0691. The highest BCUT2D eigenvalue weighted by Crippen LogP contribution is 2.44. The lowest BCUT2D eigenvalue weighted by Crippen LogP contribution is -2.57. The Hall–Kier alpha value is -2.82. The number of benzene rings is 1. The molecule has 230 valence electrons. The van der Waals surface area contributed by atoms with E-state index in [0.717, 1.165) is 93.5 Å². The summed E-state index contributed by atoms with van der Waals surface area (Å²) in [5, 5.41) is 16.7. The van der Waals surface area contributed by atoms with Crippen molar-refractivity contribution in [1.82, 2.24) is 35.1 Å². The molecule has 2 saturated heterocycles. The molecule has 1 aromatic carbocycles. The molecule has 10 heteroatoms. The highest BCUT2D eigenvalue weighted by Gasteiger charge is 2.42. The average molecular weight is 591 g/mol. The fourth-order valence-electron chi connectivity index (χ4n) is 8.64. The van der Waals surface area contributed by atoms with Crippen molar-refractivity contribution in [2.75, 3.05) is 44.2 Å². The van der Waals surface area contributed by atoms with Crippen LogP contribution >= 0.6 is 0 Å². The Labute approximate surface area is 252 Å². The van der Waals surface area contributed by atoms with E-state index >= 15 is 0 Å². The monoisotopic (exact) mass is 590 g/mol. The van der Waals surface area contributed by atoms with Crippen molar-refractivity contribution in [3.8, 4) is 11.1 Å². The van der Waals surface area contributed by atoms with E-state index in [1.54, 1.807) is 16.9 Å². The number of aryl methyl sites for hydroxylation is 2. The first-order chi connectivity index (χ1) is 21.0. The van der Waals surface area contributed by atoms with Gasteiger partial charge in [-0.15, -0.1) is 0 Å². The van der Waals surface area contributed by atoms with E-state index in [2.05, 4.69) is 30.2 Å². The molecular weight excluding hydrogens is 546 g/mol. The Morgan fingerprint density at radius 2 is 1.79 bits per heavy atom. The van der Waals surface area contributed by atoms with Gasteiger partial charge >= 0.3 is 0 Å². The van der Waals surface area contributed by atoms with Crippen molar-refractivity contribution < 1.29 is 8.78 Å². The maximum atomic E-state index is 14.5. The normalized spacial score (nSPS) is 23.0. The number of anilines is 2. The molecule has 4 aliphatic heterocycles. The van der Waals surface area contributed by atoms with Crippen LogP contribution in [0.4, 0.5) is 20.3 Å². The topological polar surface area (TPSA) is 66.2 Å². The summed E-state index contributed by atoms with van der Waals surface area (Å²) >= 11 is 0. The van der Waals surface area contributed by atoms with Crippen LogP contribution in [0, 0.1) is 5.41 Å². The predicted molar refractivity (Wildman–Crippen MR) is 164 cm³/mol. The molecule has 1 aliphatic carbocycles. The Balaban J connectivity index is 1.06. The zero-order chi connectivity index (χ0) is 29.1. The highest BCUT2D eigenvalue weighted by atomic mass is 19.3. The third kappa shape index (κ3) is 4.90. The van der Waals surface area contributed by atoms with Gasteiger partial charge in [0.25, 0.3) is 6.43 Å². The standard InChI is InChI=1S/C33H44F2N8/c1-40-19-23(17-38-40)26-15-22-3-2-12-42(30(22)16-27(26)31(34)35)32-28-18-36-11-6-29(28)43(39-32)25-7-13-41(14-8-25)24-4-9-33(10-5-24)20-37-21-33/h15-17,19,24-25,31,36-37H,2-14,18,20-21H2,1H3. The summed E-state index contributed by atoms with van der Waals surface area (Å²) in [7, 11) is 1.82. The zero-order valence-electron chi connectivity index (χ0n) is 25.3. The van der Waals surface area contributed by atoms with Gasteiger partial charge in [0.2, 0.25) is 0 Å². The van der Waals surface area contributed by atoms with Crippen molar-refractivity contribution in [2.24, 2.45) is 12.5 Å². The molecular formula is C33H44F2N8. The van der Waals surface area contributed by atoms with Gasteiger partial charge in [-0.3, -0.25) is 9.36 Å². The largest absolute Gasteiger partial charge is 0.324 e. The Bertz CT molecular complexity index is 1470. The van der Waals surface area contributed by atoms with Gasteiger partial charge < -0.3 is 20.4 Å². The smallest absolute Gasteiger partial charge is 0.264 e. The van der Waals surface area contributed by atoms with Gasteiger partial charge in [0.15, 0.2) is 5.82 Å². The van der Waals surface area contributed by atoms with E-state index in [0.29, 0.717) is 17.0 Å². The van der Waals surface area contributed by atoms with Crippen LogP contribution in [0.15, 0.2) is 24.5 Å². The summed E-state index contributed by atoms with van der Waals surface area (Å²) < 4.78 is 33.0. The third-order valence-corrected chi connectivity index (χ3v) is 11.2. The number of halogens is 2. The molecule has 0 bridgehead atoms. The van der Waals surface area contributed by atoms with E-state index in [1.807, 2.05) is 19.3 Å². The van der Waals surface area contributed by atoms with Gasteiger partial charge in [-0.1, -0.05) is 0 Å². The van der Waals surface area contributed by atoms with E-state index < -0.39 is 6.43 Å². The van der Waals surface area contributed by atoms with Crippen LogP contribution in [-0.4, -0.2) is 69.8 Å². The lowest BCUT2D eigenvalue weighted by atomic mass is 9.68. The highest BCUT2D eigenvalue weighted by molar-refractivity contribution is 5.76. The van der Waals surface area contributed by atoms with E-state index in [1.165, 1.54) is 50.0 Å². The summed E-state index contributed by atoms with van der Waals surface area (Å²) in [5.41, 5.74) is 6.60. The number of likely N-dealkylation sites (tertiary alicyclic amines) is 1. The first-order valence-electron chi connectivity index (χ1n) is 16.5. The van der Waals surface area contributed by atoms with Crippen LogP contribution in [0.25, 0.3) is 11.1 Å². The Morgan fingerprint density at radius 3 is 2.49 bits per heavy atom. The van der Waals surface area contributed by atoms with Crippen LogP contribution in [0.1, 0.15) is 79.8 Å². The van der Waals surface area contributed by atoms with Crippen molar-refractivity contribution in [2.45, 2.75) is 82.8 Å². The number of nitrogens with one attached hydrogen (secondary N) is 2. The van der Waals surface area contributed by atoms with Crippen LogP contribution < -0.4 is 15.5 Å². The summed E-state index contributed by atoms with van der Waals surface area (Å²) in [6.07, 6.45) is 11.4. The second kappa shape index (κ2) is 11.0. The predicted octanol–water partition coefficient (Wildman–Crippen LogP) is 5.12. The van der Waals surface area contributed by atoms with Gasteiger partial charge in [-0.25, -0.2) is 8.78 Å². The van der Waals surface area contributed by atoms with Crippen molar-refractivity contribution in [3.63, 3.8) is 0 Å². The maximum Gasteiger partial charge on any atom is 0.264 e. The molecule has 2 aromatic heterocycles. The quantitative estimate of drug-likeness (QED) is 0.430. The molecule has 0 unspecified atom stereocenters.